The van der Waals surface area contributed by atoms with Crippen LogP contribution in [0.2, 0.25) is 0 Å². The highest BCUT2D eigenvalue weighted by molar-refractivity contribution is 7.93. The maximum atomic E-state index is 12.6. The molecular formula is C16H20O2S. The molecule has 3 heteroatoms. The van der Waals surface area contributed by atoms with E-state index in [1.165, 1.54) is 5.56 Å². The molecule has 102 valence electrons. The SMILES string of the molecule is C[C@H]1[C@@H]2CC=CC[C@]2(c2ccccc2)[C@H](C)S1(=O)=O. The van der Waals surface area contributed by atoms with E-state index in [-0.39, 0.29) is 21.8 Å². The Morgan fingerprint density at radius 2 is 1.79 bits per heavy atom. The first-order valence-electron chi connectivity index (χ1n) is 6.94. The molecule has 2 nitrogen and oxygen atoms in total. The summed E-state index contributed by atoms with van der Waals surface area (Å²) in [6, 6.07) is 10.2. The summed E-state index contributed by atoms with van der Waals surface area (Å²) in [5, 5.41) is -0.542. The van der Waals surface area contributed by atoms with Gasteiger partial charge >= 0.3 is 0 Å². The van der Waals surface area contributed by atoms with E-state index in [1.54, 1.807) is 0 Å². The molecule has 1 aromatic carbocycles. The molecule has 0 aromatic heterocycles. The van der Waals surface area contributed by atoms with Crippen LogP contribution in [0.1, 0.15) is 32.3 Å². The minimum atomic E-state index is -3.03. The quantitative estimate of drug-likeness (QED) is 0.739. The Bertz CT molecular complexity index is 603. The van der Waals surface area contributed by atoms with Crippen molar-refractivity contribution in [3.05, 3.63) is 48.0 Å². The van der Waals surface area contributed by atoms with Crippen molar-refractivity contribution in [2.45, 2.75) is 42.6 Å². The molecule has 0 saturated carbocycles. The minimum Gasteiger partial charge on any atom is -0.228 e. The van der Waals surface area contributed by atoms with Crippen LogP contribution in [0.15, 0.2) is 42.5 Å². The Balaban J connectivity index is 2.23. The first kappa shape index (κ1) is 12.9. The van der Waals surface area contributed by atoms with Gasteiger partial charge in [0.05, 0.1) is 10.5 Å². The molecule has 1 aromatic rings. The average Bonchev–Trinajstić information content (AvgIpc) is 2.60. The number of sulfone groups is 1. The molecule has 0 spiro atoms. The smallest absolute Gasteiger partial charge is 0.156 e. The van der Waals surface area contributed by atoms with Gasteiger partial charge in [0.15, 0.2) is 9.84 Å². The van der Waals surface area contributed by atoms with Gasteiger partial charge in [0.1, 0.15) is 0 Å². The summed E-state index contributed by atoms with van der Waals surface area (Å²) in [5.41, 5.74) is 0.957. The van der Waals surface area contributed by atoms with Gasteiger partial charge in [-0.1, -0.05) is 42.5 Å². The van der Waals surface area contributed by atoms with Gasteiger partial charge in [-0.2, -0.15) is 0 Å². The van der Waals surface area contributed by atoms with E-state index in [0.29, 0.717) is 0 Å². The standard InChI is InChI=1S/C16H20O2S/c1-12-15-10-6-7-11-16(15,13(2)19(12,17)18)14-8-4-3-5-9-14/h3-9,12-13,15H,10-11H2,1-2H3/t12-,13-,15-,16+/m0/s1. The van der Waals surface area contributed by atoms with Gasteiger partial charge in [0.25, 0.3) is 0 Å². The Morgan fingerprint density at radius 1 is 1.11 bits per heavy atom. The second-order valence-electron chi connectivity index (χ2n) is 5.86. The number of allylic oxidation sites excluding steroid dienone is 2. The lowest BCUT2D eigenvalue weighted by molar-refractivity contribution is 0.275. The van der Waals surface area contributed by atoms with E-state index in [0.717, 1.165) is 12.8 Å². The molecule has 1 aliphatic carbocycles. The second kappa shape index (κ2) is 4.20. The molecule has 0 radical (unpaired) electrons. The fraction of sp³-hybridized carbons (Fsp3) is 0.500. The zero-order chi connectivity index (χ0) is 13.7. The molecule has 0 N–H and O–H groups in total. The highest BCUT2D eigenvalue weighted by atomic mass is 32.2. The first-order valence-corrected chi connectivity index (χ1v) is 8.55. The Kier molecular flexibility index (Phi) is 2.86. The number of hydrogen-bond acceptors (Lipinski definition) is 2. The third kappa shape index (κ3) is 1.57. The van der Waals surface area contributed by atoms with Gasteiger partial charge in [-0.15, -0.1) is 0 Å². The lowest BCUT2D eigenvalue weighted by atomic mass is 9.62. The minimum absolute atomic E-state index is 0.208. The van der Waals surface area contributed by atoms with E-state index in [4.69, 9.17) is 0 Å². The number of fused-ring (bicyclic) bond motifs is 1. The number of hydrogen-bond donors (Lipinski definition) is 0. The second-order valence-corrected chi connectivity index (χ2v) is 8.49. The van der Waals surface area contributed by atoms with Crippen LogP contribution in [0.25, 0.3) is 0 Å². The Morgan fingerprint density at radius 3 is 2.47 bits per heavy atom. The van der Waals surface area contributed by atoms with Crippen LogP contribution in [0.5, 0.6) is 0 Å². The van der Waals surface area contributed by atoms with E-state index >= 15 is 0 Å². The summed E-state index contributed by atoms with van der Waals surface area (Å²) < 4.78 is 25.2. The molecule has 1 saturated heterocycles. The molecule has 0 amide bonds. The predicted molar refractivity (Wildman–Crippen MR) is 77.8 cm³/mol. The number of benzene rings is 1. The van der Waals surface area contributed by atoms with Crippen molar-refractivity contribution >= 4 is 9.84 Å². The molecule has 4 atom stereocenters. The molecule has 19 heavy (non-hydrogen) atoms. The van der Waals surface area contributed by atoms with Crippen LogP contribution < -0.4 is 0 Å². The van der Waals surface area contributed by atoms with Crippen LogP contribution >= 0.6 is 0 Å². The summed E-state index contributed by atoms with van der Waals surface area (Å²) in [6.07, 6.45) is 6.02. The van der Waals surface area contributed by atoms with Crippen molar-refractivity contribution in [3.63, 3.8) is 0 Å². The summed E-state index contributed by atoms with van der Waals surface area (Å²) in [5.74, 6) is 0.208. The van der Waals surface area contributed by atoms with Crippen molar-refractivity contribution in [2.75, 3.05) is 0 Å². The lowest BCUT2D eigenvalue weighted by Crippen LogP contribution is -2.41. The highest BCUT2D eigenvalue weighted by Crippen LogP contribution is 2.54. The maximum absolute atomic E-state index is 12.6. The van der Waals surface area contributed by atoms with Crippen LogP contribution in [-0.2, 0) is 15.3 Å². The lowest BCUT2D eigenvalue weighted by Gasteiger charge is -2.40. The van der Waals surface area contributed by atoms with Gasteiger partial charge in [0.2, 0.25) is 0 Å². The van der Waals surface area contributed by atoms with Crippen molar-refractivity contribution < 1.29 is 8.42 Å². The van der Waals surface area contributed by atoms with Gasteiger partial charge < -0.3 is 0 Å². The molecule has 1 fully saturated rings. The first-order chi connectivity index (χ1) is 9.01. The Hall–Kier alpha value is -1.09. The molecular weight excluding hydrogens is 256 g/mol. The largest absolute Gasteiger partial charge is 0.228 e. The third-order valence-corrected chi connectivity index (χ3v) is 8.06. The summed E-state index contributed by atoms with van der Waals surface area (Å²) in [4.78, 5) is 0. The van der Waals surface area contributed by atoms with E-state index in [1.807, 2.05) is 32.0 Å². The van der Waals surface area contributed by atoms with Crippen molar-refractivity contribution in [2.24, 2.45) is 5.92 Å². The van der Waals surface area contributed by atoms with E-state index in [9.17, 15) is 8.42 Å². The summed E-state index contributed by atoms with van der Waals surface area (Å²) >= 11 is 0. The number of rotatable bonds is 1. The monoisotopic (exact) mass is 276 g/mol. The normalized spacial score (nSPS) is 40.0. The van der Waals surface area contributed by atoms with Gasteiger partial charge in [-0.3, -0.25) is 0 Å². The molecule has 3 rings (SSSR count). The third-order valence-electron chi connectivity index (χ3n) is 5.29. The molecule has 0 unspecified atom stereocenters. The molecule has 1 heterocycles. The van der Waals surface area contributed by atoms with Crippen molar-refractivity contribution in [3.8, 4) is 0 Å². The summed E-state index contributed by atoms with van der Waals surface area (Å²) in [7, 11) is -3.03. The molecule has 2 aliphatic rings. The topological polar surface area (TPSA) is 34.1 Å². The van der Waals surface area contributed by atoms with Crippen LogP contribution in [0.4, 0.5) is 0 Å². The fourth-order valence-electron chi connectivity index (χ4n) is 4.12. The van der Waals surface area contributed by atoms with Crippen molar-refractivity contribution in [1.82, 2.24) is 0 Å². The highest BCUT2D eigenvalue weighted by Gasteiger charge is 2.60. The zero-order valence-corrected chi connectivity index (χ0v) is 12.2. The molecule has 0 bridgehead atoms. The van der Waals surface area contributed by atoms with Crippen LogP contribution in [0.3, 0.4) is 0 Å². The fourth-order valence-corrected chi connectivity index (χ4v) is 6.57. The van der Waals surface area contributed by atoms with Gasteiger partial charge in [-0.05, 0) is 38.2 Å². The predicted octanol–water partition coefficient (Wildman–Crippen LogP) is 3.10. The Labute approximate surface area is 115 Å². The molecule has 1 aliphatic heterocycles. The summed E-state index contributed by atoms with van der Waals surface area (Å²) in [6.45, 7) is 3.79. The van der Waals surface area contributed by atoms with Crippen molar-refractivity contribution in [1.29, 1.82) is 0 Å². The van der Waals surface area contributed by atoms with Crippen LogP contribution in [0, 0.1) is 5.92 Å². The van der Waals surface area contributed by atoms with Gasteiger partial charge in [-0.25, -0.2) is 8.42 Å². The van der Waals surface area contributed by atoms with Crippen LogP contribution in [-0.4, -0.2) is 18.9 Å². The van der Waals surface area contributed by atoms with E-state index < -0.39 is 9.84 Å². The van der Waals surface area contributed by atoms with Gasteiger partial charge in [0, 0.05) is 5.41 Å². The average molecular weight is 276 g/mol. The maximum Gasteiger partial charge on any atom is 0.156 e. The van der Waals surface area contributed by atoms with E-state index in [2.05, 4.69) is 24.3 Å². The zero-order valence-electron chi connectivity index (χ0n) is 11.4.